The summed E-state index contributed by atoms with van der Waals surface area (Å²) in [6, 6.07) is 4.04. The summed E-state index contributed by atoms with van der Waals surface area (Å²) in [7, 11) is 0. The largest absolute Gasteiger partial charge is 0.461 e. The first-order valence-corrected chi connectivity index (χ1v) is 13.1. The highest BCUT2D eigenvalue weighted by molar-refractivity contribution is 9.10. The molecular formula is C21H13BrCl6N4O6. The first-order chi connectivity index (χ1) is 17.7. The lowest BCUT2D eigenvalue weighted by Crippen LogP contribution is -2.33. The number of aromatic nitrogens is 3. The quantitative estimate of drug-likeness (QED) is 0.154. The van der Waals surface area contributed by atoms with Crippen LogP contribution in [0.1, 0.15) is 25.5 Å². The summed E-state index contributed by atoms with van der Waals surface area (Å²) in [6.07, 6.45) is 0. The molecule has 1 heterocycles. The summed E-state index contributed by atoms with van der Waals surface area (Å²) in [6.45, 7) is 2.74. The number of esters is 2. The Morgan fingerprint density at radius 2 is 1.32 bits per heavy atom. The Labute approximate surface area is 253 Å². The van der Waals surface area contributed by atoms with Crippen molar-refractivity contribution < 1.29 is 28.7 Å². The molecule has 0 atom stereocenters. The molecule has 0 saturated heterocycles. The number of hydrogen-bond donors (Lipinski definition) is 0. The van der Waals surface area contributed by atoms with E-state index in [2.05, 4.69) is 30.9 Å². The average molecular weight is 710 g/mol. The molecule has 2 rings (SSSR count). The SMILES string of the molecule is CCOC(=O)C(=C=O)N(C(=C=O)C(=O)OCC)c1ccc(-c2nc(C(Cl)(Cl)Cl)nc(C(Cl)(Cl)Cl)n2)cc1Br. The van der Waals surface area contributed by atoms with Crippen LogP contribution < -0.4 is 4.90 Å². The fourth-order valence-corrected chi connectivity index (χ4v) is 3.76. The number of ether oxygens (including phenoxy) is 2. The van der Waals surface area contributed by atoms with Crippen LogP contribution in [0.5, 0.6) is 0 Å². The zero-order chi connectivity index (χ0) is 28.8. The third-order valence-corrected chi connectivity index (χ3v) is 5.82. The minimum atomic E-state index is -2.11. The zero-order valence-corrected chi connectivity index (χ0v) is 25.2. The van der Waals surface area contributed by atoms with Crippen molar-refractivity contribution in [3.05, 3.63) is 45.7 Å². The summed E-state index contributed by atoms with van der Waals surface area (Å²) >= 11 is 38.8. The Morgan fingerprint density at radius 1 is 0.868 bits per heavy atom. The van der Waals surface area contributed by atoms with Gasteiger partial charge in [-0.25, -0.2) is 34.1 Å². The van der Waals surface area contributed by atoms with Crippen LogP contribution in [0.2, 0.25) is 0 Å². The van der Waals surface area contributed by atoms with Crippen molar-refractivity contribution in [2.75, 3.05) is 18.1 Å². The first-order valence-electron chi connectivity index (χ1n) is 10.0. The molecule has 1 aromatic heterocycles. The predicted octanol–water partition coefficient (Wildman–Crippen LogP) is 5.32. The fraction of sp³-hybridized carbons (Fsp3) is 0.286. The van der Waals surface area contributed by atoms with E-state index in [1.165, 1.54) is 43.9 Å². The summed E-state index contributed by atoms with van der Waals surface area (Å²) in [4.78, 5) is 61.3. The van der Waals surface area contributed by atoms with Crippen molar-refractivity contribution in [3.8, 4) is 11.4 Å². The van der Waals surface area contributed by atoms with Gasteiger partial charge in [0.1, 0.15) is 0 Å². The lowest BCUT2D eigenvalue weighted by molar-refractivity contribution is -0.138. The second-order valence-corrected chi connectivity index (χ2v) is 12.1. The van der Waals surface area contributed by atoms with Crippen molar-refractivity contribution in [2.45, 2.75) is 21.4 Å². The molecule has 0 radical (unpaired) electrons. The van der Waals surface area contributed by atoms with E-state index >= 15 is 0 Å². The molecule has 0 N–H and O–H groups in total. The second-order valence-electron chi connectivity index (χ2n) is 6.65. The molecule has 0 bridgehead atoms. The van der Waals surface area contributed by atoms with Crippen molar-refractivity contribution in [1.29, 1.82) is 0 Å². The van der Waals surface area contributed by atoms with Gasteiger partial charge in [0.2, 0.25) is 19.0 Å². The van der Waals surface area contributed by atoms with Crippen molar-refractivity contribution in [2.24, 2.45) is 0 Å². The molecule has 0 aliphatic carbocycles. The van der Waals surface area contributed by atoms with Crippen LogP contribution >= 0.6 is 85.5 Å². The van der Waals surface area contributed by atoms with E-state index in [0.29, 0.717) is 4.90 Å². The Morgan fingerprint density at radius 3 is 1.66 bits per heavy atom. The molecule has 0 amide bonds. The Bertz CT molecular complexity index is 1280. The Balaban J connectivity index is 2.78. The van der Waals surface area contributed by atoms with E-state index in [-0.39, 0.29) is 46.4 Å². The maximum Gasteiger partial charge on any atom is 0.367 e. The van der Waals surface area contributed by atoms with E-state index in [1.54, 1.807) is 0 Å². The van der Waals surface area contributed by atoms with Gasteiger partial charge in [-0.2, -0.15) is 0 Å². The lowest BCUT2D eigenvalue weighted by atomic mass is 10.1. The molecule has 202 valence electrons. The topological polar surface area (TPSA) is 129 Å². The molecule has 17 heteroatoms. The van der Waals surface area contributed by atoms with Crippen LogP contribution in [0.4, 0.5) is 5.69 Å². The van der Waals surface area contributed by atoms with Gasteiger partial charge in [-0.1, -0.05) is 69.6 Å². The van der Waals surface area contributed by atoms with E-state index in [0.717, 1.165) is 0 Å². The maximum absolute atomic E-state index is 12.5. The average Bonchev–Trinajstić information content (AvgIpc) is 2.83. The van der Waals surface area contributed by atoms with Gasteiger partial charge in [0.25, 0.3) is 0 Å². The van der Waals surface area contributed by atoms with Crippen molar-refractivity contribution in [3.63, 3.8) is 0 Å². The van der Waals surface area contributed by atoms with Crippen LogP contribution in [-0.2, 0) is 36.2 Å². The monoisotopic (exact) mass is 706 g/mol. The van der Waals surface area contributed by atoms with Gasteiger partial charge in [0, 0.05) is 10.0 Å². The summed E-state index contributed by atoms with van der Waals surface area (Å²) < 4.78 is 5.61. The Hall–Kier alpha value is -1.91. The highest BCUT2D eigenvalue weighted by Gasteiger charge is 2.35. The Kier molecular flexibility index (Phi) is 11.4. The van der Waals surface area contributed by atoms with Gasteiger partial charge < -0.3 is 9.47 Å². The van der Waals surface area contributed by atoms with Gasteiger partial charge in [0.05, 0.1) is 18.9 Å². The fourth-order valence-electron chi connectivity index (χ4n) is 2.69. The van der Waals surface area contributed by atoms with Gasteiger partial charge >= 0.3 is 11.9 Å². The van der Waals surface area contributed by atoms with Crippen LogP contribution in [0.15, 0.2) is 34.1 Å². The maximum atomic E-state index is 12.5. The van der Waals surface area contributed by atoms with E-state index < -0.39 is 30.9 Å². The van der Waals surface area contributed by atoms with Crippen LogP contribution in [0.3, 0.4) is 0 Å². The van der Waals surface area contributed by atoms with Crippen molar-refractivity contribution in [1.82, 2.24) is 15.0 Å². The third kappa shape index (κ3) is 7.82. The molecule has 0 unspecified atom stereocenters. The van der Waals surface area contributed by atoms with Gasteiger partial charge in [-0.15, -0.1) is 0 Å². The van der Waals surface area contributed by atoms with Crippen LogP contribution in [0.25, 0.3) is 11.4 Å². The smallest absolute Gasteiger partial charge is 0.367 e. The molecular weight excluding hydrogens is 697 g/mol. The van der Waals surface area contributed by atoms with E-state index in [1.807, 2.05) is 0 Å². The minimum Gasteiger partial charge on any atom is -0.461 e. The normalized spacial score (nSPS) is 11.2. The molecule has 2 aromatic rings. The van der Waals surface area contributed by atoms with Gasteiger partial charge in [-0.3, -0.25) is 4.90 Å². The number of alkyl halides is 6. The number of hydrogen-bond acceptors (Lipinski definition) is 10. The highest BCUT2D eigenvalue weighted by Crippen LogP contribution is 2.41. The van der Waals surface area contributed by atoms with Crippen LogP contribution in [0, 0.1) is 0 Å². The molecule has 38 heavy (non-hydrogen) atoms. The lowest BCUT2D eigenvalue weighted by Gasteiger charge is -2.24. The van der Waals surface area contributed by atoms with E-state index in [9.17, 15) is 19.2 Å². The number of rotatable bonds is 8. The number of benzene rings is 1. The molecule has 0 aliphatic rings. The van der Waals surface area contributed by atoms with Crippen LogP contribution in [-0.4, -0.2) is 52.0 Å². The molecule has 0 spiro atoms. The predicted molar refractivity (Wildman–Crippen MR) is 146 cm³/mol. The highest BCUT2D eigenvalue weighted by atomic mass is 79.9. The van der Waals surface area contributed by atoms with E-state index in [4.69, 9.17) is 79.1 Å². The third-order valence-electron chi connectivity index (χ3n) is 4.17. The summed E-state index contributed by atoms with van der Waals surface area (Å²) in [5.74, 6) is -0.373. The number of anilines is 1. The van der Waals surface area contributed by atoms with Gasteiger partial charge in [-0.05, 0) is 48.0 Å². The minimum absolute atomic E-state index is 0.0659. The summed E-state index contributed by atoms with van der Waals surface area (Å²) in [5.41, 5.74) is -1.49. The second kappa shape index (κ2) is 13.4. The van der Waals surface area contributed by atoms with Crippen molar-refractivity contribution >= 4 is 115 Å². The number of nitrogens with zero attached hydrogens (tertiary/aromatic N) is 4. The summed E-state index contributed by atoms with van der Waals surface area (Å²) in [5, 5.41) is 0. The first kappa shape index (κ1) is 32.3. The zero-order valence-electron chi connectivity index (χ0n) is 19.0. The number of halogens is 7. The molecule has 0 aliphatic heterocycles. The molecule has 0 saturated carbocycles. The standard InChI is InChI=1S/C21H13BrCl6N4O6/c1-3-37-16(35)13(8-33)32(14(9-34)17(36)38-4-2)12-6-5-10(7-11(12)22)15-29-18(20(23,24)25)31-19(30-15)21(26,27)28/h5-7H,3-4H2,1-2H3. The number of carbonyl (C=O) groups excluding carboxylic acids is 4. The molecule has 0 fully saturated rings. The number of carbonyl (C=O) groups is 2. The molecule has 1 aromatic carbocycles. The van der Waals surface area contributed by atoms with Gasteiger partial charge in [0.15, 0.2) is 29.4 Å². The molecule has 10 nitrogen and oxygen atoms in total.